The summed E-state index contributed by atoms with van der Waals surface area (Å²) >= 11 is 10.1. The van der Waals surface area contributed by atoms with Gasteiger partial charge in [-0.1, -0.05) is 39.9 Å². The first-order valence-corrected chi connectivity index (χ1v) is 10.5. The van der Waals surface area contributed by atoms with E-state index in [1.54, 1.807) is 9.80 Å². The lowest BCUT2D eigenvalue weighted by atomic mass is 10.1. The first-order chi connectivity index (χ1) is 12.5. The minimum Gasteiger partial charge on any atom is -0.382 e. The average molecular weight is 455 g/mol. The van der Waals surface area contributed by atoms with Crippen LogP contribution in [0.3, 0.4) is 0 Å². The van der Waals surface area contributed by atoms with Crippen LogP contribution in [0.2, 0.25) is 0 Å². The number of anilines is 1. The van der Waals surface area contributed by atoms with E-state index >= 15 is 0 Å². The number of likely N-dealkylation sites (N-methyl/N-ethyl adjacent to an activating group) is 1. The molecule has 0 spiro atoms. The Kier molecular flexibility index (Phi) is 6.17. The molecule has 0 saturated carbocycles. The van der Waals surface area contributed by atoms with Crippen molar-refractivity contribution in [3.8, 4) is 0 Å². The first kappa shape index (κ1) is 19.5. The van der Waals surface area contributed by atoms with Crippen LogP contribution in [-0.4, -0.2) is 47.3 Å². The highest BCUT2D eigenvalue weighted by Crippen LogP contribution is 2.45. The van der Waals surface area contributed by atoms with Gasteiger partial charge in [-0.15, -0.1) is 0 Å². The third-order valence-electron chi connectivity index (χ3n) is 4.24. The van der Waals surface area contributed by atoms with Crippen LogP contribution in [0.4, 0.5) is 5.69 Å². The number of rotatable bonds is 6. The van der Waals surface area contributed by atoms with Crippen LogP contribution in [0.15, 0.2) is 27.6 Å². The van der Waals surface area contributed by atoms with Gasteiger partial charge in [-0.3, -0.25) is 14.5 Å². The molecule has 2 amide bonds. The number of benzene rings is 1. The van der Waals surface area contributed by atoms with Crippen molar-refractivity contribution >= 4 is 67.3 Å². The lowest BCUT2D eigenvalue weighted by molar-refractivity contribution is -0.122. The number of hydrogen-bond acceptors (Lipinski definition) is 5. The normalized spacial score (nSPS) is 19.7. The number of hydrogen-bond donors (Lipinski definition) is 0. The molecule has 0 bridgehead atoms. The monoisotopic (exact) mass is 454 g/mol. The van der Waals surface area contributed by atoms with Gasteiger partial charge in [-0.05, 0) is 38.5 Å². The van der Waals surface area contributed by atoms with Crippen molar-refractivity contribution in [3.63, 3.8) is 0 Å². The molecule has 1 aromatic rings. The Balaban J connectivity index is 1.95. The number of carbonyl (C=O) groups excluding carboxylic acids is 2. The number of thioether (sulfide) groups is 1. The van der Waals surface area contributed by atoms with Crippen molar-refractivity contribution in [2.24, 2.45) is 0 Å². The van der Waals surface area contributed by atoms with E-state index < -0.39 is 0 Å². The number of amides is 2. The Morgan fingerprint density at radius 2 is 1.96 bits per heavy atom. The molecule has 1 aromatic carbocycles. The number of carbonyl (C=O) groups is 2. The molecular weight excluding hydrogens is 436 g/mol. The predicted octanol–water partition coefficient (Wildman–Crippen LogP) is 3.81. The van der Waals surface area contributed by atoms with Gasteiger partial charge in [0.2, 0.25) is 0 Å². The van der Waals surface area contributed by atoms with Crippen LogP contribution in [0.25, 0.3) is 5.57 Å². The van der Waals surface area contributed by atoms with Crippen LogP contribution in [0.1, 0.15) is 25.8 Å². The molecule has 0 atom stereocenters. The second-order valence-electron chi connectivity index (χ2n) is 5.79. The predicted molar refractivity (Wildman–Crippen MR) is 112 cm³/mol. The molecule has 0 radical (unpaired) electrons. The summed E-state index contributed by atoms with van der Waals surface area (Å²) < 4.78 is 6.69. The fourth-order valence-electron chi connectivity index (χ4n) is 3.05. The van der Waals surface area contributed by atoms with Gasteiger partial charge in [0, 0.05) is 36.3 Å². The van der Waals surface area contributed by atoms with Crippen LogP contribution in [0, 0.1) is 0 Å². The summed E-state index contributed by atoms with van der Waals surface area (Å²) in [7, 11) is 0. The van der Waals surface area contributed by atoms with E-state index in [4.69, 9.17) is 17.0 Å². The summed E-state index contributed by atoms with van der Waals surface area (Å²) in [4.78, 5) is 29.6. The highest BCUT2D eigenvalue weighted by molar-refractivity contribution is 9.10. The zero-order valence-corrected chi connectivity index (χ0v) is 17.8. The standard InChI is InChI=1S/C18H19BrN2O3S2/c1-3-20-13-7-6-11(19)10-12(13)14(16(20)22)15-17(23)21(18(25)26-15)8-5-9-24-4-2/h6-7,10H,3-5,8-9H2,1-2H3. The van der Waals surface area contributed by atoms with Gasteiger partial charge in [0.25, 0.3) is 11.8 Å². The molecular formula is C18H19BrN2O3S2. The van der Waals surface area contributed by atoms with E-state index in [0.29, 0.717) is 47.5 Å². The third-order valence-corrected chi connectivity index (χ3v) is 6.19. The maximum Gasteiger partial charge on any atom is 0.267 e. The van der Waals surface area contributed by atoms with Crippen molar-refractivity contribution in [1.29, 1.82) is 0 Å². The summed E-state index contributed by atoms with van der Waals surface area (Å²) in [5.74, 6) is -0.334. The van der Waals surface area contributed by atoms with Crippen LogP contribution in [0.5, 0.6) is 0 Å². The van der Waals surface area contributed by atoms with Crippen molar-refractivity contribution in [3.05, 3.63) is 33.1 Å². The lowest BCUT2D eigenvalue weighted by Gasteiger charge is -2.14. The van der Waals surface area contributed by atoms with E-state index in [9.17, 15) is 9.59 Å². The van der Waals surface area contributed by atoms with Gasteiger partial charge in [-0.2, -0.15) is 0 Å². The Morgan fingerprint density at radius 1 is 1.19 bits per heavy atom. The highest BCUT2D eigenvalue weighted by Gasteiger charge is 2.41. The van der Waals surface area contributed by atoms with Gasteiger partial charge in [-0.25, -0.2) is 0 Å². The second kappa shape index (κ2) is 8.21. The lowest BCUT2D eigenvalue weighted by Crippen LogP contribution is -2.30. The Hall–Kier alpha value is -1.22. The summed E-state index contributed by atoms with van der Waals surface area (Å²) in [6, 6.07) is 5.69. The number of fused-ring (bicyclic) bond motifs is 1. The highest BCUT2D eigenvalue weighted by atomic mass is 79.9. The van der Waals surface area contributed by atoms with Gasteiger partial charge in [0.1, 0.15) is 4.32 Å². The summed E-state index contributed by atoms with van der Waals surface area (Å²) in [5, 5.41) is 0. The fraction of sp³-hybridized carbons (Fsp3) is 0.389. The Labute approximate surface area is 170 Å². The molecule has 2 aliphatic rings. The van der Waals surface area contributed by atoms with E-state index in [0.717, 1.165) is 15.7 Å². The molecule has 5 nitrogen and oxygen atoms in total. The van der Waals surface area contributed by atoms with Crippen LogP contribution in [-0.2, 0) is 14.3 Å². The van der Waals surface area contributed by atoms with Crippen LogP contribution < -0.4 is 4.90 Å². The van der Waals surface area contributed by atoms with Crippen molar-refractivity contribution in [2.45, 2.75) is 20.3 Å². The second-order valence-corrected chi connectivity index (χ2v) is 8.35. The van der Waals surface area contributed by atoms with Gasteiger partial charge >= 0.3 is 0 Å². The van der Waals surface area contributed by atoms with E-state index in [-0.39, 0.29) is 11.8 Å². The maximum absolute atomic E-state index is 13.0. The quantitative estimate of drug-likeness (QED) is 0.371. The summed E-state index contributed by atoms with van der Waals surface area (Å²) in [5.41, 5.74) is 2.06. The van der Waals surface area contributed by atoms with Gasteiger partial charge in [0.15, 0.2) is 0 Å². The molecule has 3 rings (SSSR count). The molecule has 0 N–H and O–H groups in total. The minimum atomic E-state index is -0.191. The topological polar surface area (TPSA) is 49.9 Å². The van der Waals surface area contributed by atoms with E-state index in [2.05, 4.69) is 15.9 Å². The van der Waals surface area contributed by atoms with Gasteiger partial charge in [0.05, 0.1) is 16.2 Å². The zero-order valence-electron chi connectivity index (χ0n) is 14.6. The zero-order chi connectivity index (χ0) is 18.8. The SMILES string of the molecule is CCOCCCN1C(=O)C(=C2C(=O)N(CC)c3ccc(Br)cc32)SC1=S. The molecule has 26 heavy (non-hydrogen) atoms. The van der Waals surface area contributed by atoms with E-state index in [1.807, 2.05) is 32.0 Å². The fourth-order valence-corrected chi connectivity index (χ4v) is 4.79. The number of nitrogens with zero attached hydrogens (tertiary/aromatic N) is 2. The smallest absolute Gasteiger partial charge is 0.267 e. The third kappa shape index (κ3) is 3.47. The first-order valence-electron chi connectivity index (χ1n) is 8.47. The molecule has 1 saturated heterocycles. The average Bonchev–Trinajstić information content (AvgIpc) is 3.04. The summed E-state index contributed by atoms with van der Waals surface area (Å²) in [6.07, 6.45) is 0.708. The van der Waals surface area contributed by atoms with Crippen molar-refractivity contribution < 1.29 is 14.3 Å². The van der Waals surface area contributed by atoms with Crippen molar-refractivity contribution in [2.75, 3.05) is 31.2 Å². The summed E-state index contributed by atoms with van der Waals surface area (Å²) in [6.45, 7) is 6.13. The largest absolute Gasteiger partial charge is 0.382 e. The number of thiocarbonyl (C=S) groups is 1. The number of ether oxygens (including phenoxy) is 1. The molecule has 0 aliphatic carbocycles. The van der Waals surface area contributed by atoms with Crippen LogP contribution >= 0.6 is 39.9 Å². The number of halogens is 1. The molecule has 138 valence electrons. The van der Waals surface area contributed by atoms with E-state index in [1.165, 1.54) is 11.8 Å². The molecule has 2 heterocycles. The molecule has 2 aliphatic heterocycles. The Morgan fingerprint density at radius 3 is 2.65 bits per heavy atom. The molecule has 0 unspecified atom stereocenters. The molecule has 1 fully saturated rings. The molecule has 0 aromatic heterocycles. The van der Waals surface area contributed by atoms with Crippen molar-refractivity contribution in [1.82, 2.24) is 4.90 Å². The minimum absolute atomic E-state index is 0.143. The maximum atomic E-state index is 13.0. The molecule has 8 heteroatoms. The van der Waals surface area contributed by atoms with Gasteiger partial charge < -0.3 is 9.64 Å². The Bertz CT molecular complexity index is 810.